The molecule has 0 saturated heterocycles. The molecule has 0 amide bonds. The summed E-state index contributed by atoms with van der Waals surface area (Å²) in [6.45, 7) is 3.84. The molecule has 1 heterocycles. The van der Waals surface area contributed by atoms with E-state index >= 15 is 0 Å². The minimum Gasteiger partial charge on any atom is -0.338 e. The molecule has 0 atom stereocenters. The van der Waals surface area contributed by atoms with E-state index in [1.54, 1.807) is 0 Å². The molecule has 0 aliphatic carbocycles. The maximum atomic E-state index is 6.13. The van der Waals surface area contributed by atoms with Gasteiger partial charge < -0.3 is 5.32 Å². The number of para-hydroxylation sites is 1. The maximum absolute atomic E-state index is 6.13. The standard InChI is InChI=1S/C12H11Cl2N3/c1-7-4-3-5-9(13)10(7)17-12-8(2)11(14)15-6-16-12/h3-6H,1-2H3,(H,15,16,17). The fraction of sp³-hybridized carbons (Fsp3) is 0.167. The summed E-state index contributed by atoms with van der Waals surface area (Å²) in [7, 11) is 0. The average molecular weight is 268 g/mol. The second kappa shape index (κ2) is 4.90. The summed E-state index contributed by atoms with van der Waals surface area (Å²) in [6.07, 6.45) is 1.42. The predicted molar refractivity (Wildman–Crippen MR) is 71.3 cm³/mol. The van der Waals surface area contributed by atoms with E-state index in [9.17, 15) is 0 Å². The number of anilines is 2. The van der Waals surface area contributed by atoms with E-state index in [1.165, 1.54) is 6.33 Å². The van der Waals surface area contributed by atoms with Crippen LogP contribution in [0.5, 0.6) is 0 Å². The number of hydrogen-bond donors (Lipinski definition) is 1. The van der Waals surface area contributed by atoms with Gasteiger partial charge in [0.05, 0.1) is 10.7 Å². The third-order valence-electron chi connectivity index (χ3n) is 2.49. The minimum absolute atomic E-state index is 0.437. The smallest absolute Gasteiger partial charge is 0.138 e. The quantitative estimate of drug-likeness (QED) is 0.831. The third kappa shape index (κ3) is 2.51. The van der Waals surface area contributed by atoms with Gasteiger partial charge in [0, 0.05) is 5.56 Å². The monoisotopic (exact) mass is 267 g/mol. The summed E-state index contributed by atoms with van der Waals surface area (Å²) in [6, 6.07) is 5.71. The molecule has 0 radical (unpaired) electrons. The summed E-state index contributed by atoms with van der Waals surface area (Å²) < 4.78 is 0. The van der Waals surface area contributed by atoms with E-state index in [0.717, 1.165) is 16.8 Å². The third-order valence-corrected chi connectivity index (χ3v) is 3.18. The van der Waals surface area contributed by atoms with Crippen molar-refractivity contribution in [1.82, 2.24) is 9.97 Å². The zero-order valence-corrected chi connectivity index (χ0v) is 11.0. The fourth-order valence-electron chi connectivity index (χ4n) is 1.46. The van der Waals surface area contributed by atoms with Gasteiger partial charge in [-0.15, -0.1) is 0 Å². The Morgan fingerprint density at radius 1 is 1.12 bits per heavy atom. The molecular formula is C12H11Cl2N3. The van der Waals surface area contributed by atoms with Crippen LogP contribution in [0.1, 0.15) is 11.1 Å². The summed E-state index contributed by atoms with van der Waals surface area (Å²) in [5.41, 5.74) is 2.69. The van der Waals surface area contributed by atoms with Crippen LogP contribution < -0.4 is 5.32 Å². The van der Waals surface area contributed by atoms with Gasteiger partial charge in [-0.2, -0.15) is 0 Å². The molecule has 0 aliphatic heterocycles. The van der Waals surface area contributed by atoms with Crippen LogP contribution in [0.4, 0.5) is 11.5 Å². The number of benzene rings is 1. The SMILES string of the molecule is Cc1cccc(Cl)c1Nc1ncnc(Cl)c1C. The van der Waals surface area contributed by atoms with Crippen LogP contribution in [-0.4, -0.2) is 9.97 Å². The first kappa shape index (κ1) is 12.1. The van der Waals surface area contributed by atoms with Crippen molar-refractivity contribution in [2.75, 3.05) is 5.32 Å². The summed E-state index contributed by atoms with van der Waals surface area (Å²) in [5, 5.41) is 4.27. The highest BCUT2D eigenvalue weighted by atomic mass is 35.5. The highest BCUT2D eigenvalue weighted by molar-refractivity contribution is 6.33. The predicted octanol–water partition coefficient (Wildman–Crippen LogP) is 4.14. The molecule has 0 fully saturated rings. The molecule has 3 nitrogen and oxygen atoms in total. The number of aryl methyl sites for hydroxylation is 1. The van der Waals surface area contributed by atoms with Crippen LogP contribution in [0.3, 0.4) is 0 Å². The minimum atomic E-state index is 0.437. The van der Waals surface area contributed by atoms with Crippen molar-refractivity contribution in [3.8, 4) is 0 Å². The van der Waals surface area contributed by atoms with Gasteiger partial charge in [-0.05, 0) is 25.5 Å². The molecule has 0 unspecified atom stereocenters. The van der Waals surface area contributed by atoms with E-state index in [1.807, 2.05) is 32.0 Å². The van der Waals surface area contributed by atoms with Crippen LogP contribution >= 0.6 is 23.2 Å². The van der Waals surface area contributed by atoms with Gasteiger partial charge in [-0.1, -0.05) is 35.3 Å². The van der Waals surface area contributed by atoms with Crippen molar-refractivity contribution in [1.29, 1.82) is 0 Å². The van der Waals surface area contributed by atoms with Gasteiger partial charge in [-0.3, -0.25) is 0 Å². The number of hydrogen-bond acceptors (Lipinski definition) is 3. The number of rotatable bonds is 2. The van der Waals surface area contributed by atoms with E-state index in [4.69, 9.17) is 23.2 Å². The Kier molecular flexibility index (Phi) is 3.50. The van der Waals surface area contributed by atoms with Crippen LogP contribution in [0.2, 0.25) is 10.2 Å². The van der Waals surface area contributed by atoms with E-state index in [-0.39, 0.29) is 0 Å². The molecule has 88 valence electrons. The lowest BCUT2D eigenvalue weighted by Crippen LogP contribution is -2.00. The Morgan fingerprint density at radius 3 is 2.59 bits per heavy atom. The highest BCUT2D eigenvalue weighted by Crippen LogP contribution is 2.30. The molecular weight excluding hydrogens is 257 g/mol. The largest absolute Gasteiger partial charge is 0.338 e. The van der Waals surface area contributed by atoms with E-state index in [2.05, 4.69) is 15.3 Å². The van der Waals surface area contributed by atoms with Crippen LogP contribution in [0.15, 0.2) is 24.5 Å². The Balaban J connectivity index is 2.42. The van der Waals surface area contributed by atoms with Crippen LogP contribution in [0.25, 0.3) is 0 Å². The topological polar surface area (TPSA) is 37.8 Å². The van der Waals surface area contributed by atoms with Gasteiger partial charge in [0.15, 0.2) is 0 Å². The molecule has 1 aromatic carbocycles. The molecule has 5 heteroatoms. The van der Waals surface area contributed by atoms with E-state index in [0.29, 0.717) is 16.0 Å². The van der Waals surface area contributed by atoms with Gasteiger partial charge in [0.1, 0.15) is 17.3 Å². The molecule has 0 saturated carbocycles. The van der Waals surface area contributed by atoms with Crippen molar-refractivity contribution < 1.29 is 0 Å². The number of aromatic nitrogens is 2. The Bertz CT molecular complexity index is 535. The Hall–Kier alpha value is -1.32. The molecule has 0 spiro atoms. The first-order valence-corrected chi connectivity index (χ1v) is 5.84. The zero-order valence-electron chi connectivity index (χ0n) is 9.46. The second-order valence-electron chi connectivity index (χ2n) is 3.69. The Morgan fingerprint density at radius 2 is 1.88 bits per heavy atom. The van der Waals surface area contributed by atoms with Crippen molar-refractivity contribution >= 4 is 34.7 Å². The maximum Gasteiger partial charge on any atom is 0.138 e. The lowest BCUT2D eigenvalue weighted by molar-refractivity contribution is 1.13. The molecule has 1 N–H and O–H groups in total. The number of nitrogens with one attached hydrogen (secondary N) is 1. The van der Waals surface area contributed by atoms with Gasteiger partial charge in [0.25, 0.3) is 0 Å². The first-order chi connectivity index (χ1) is 8.09. The summed E-state index contributed by atoms with van der Waals surface area (Å²) >= 11 is 12.1. The lowest BCUT2D eigenvalue weighted by atomic mass is 10.2. The molecule has 0 aliphatic rings. The number of halogens is 2. The molecule has 2 rings (SSSR count). The first-order valence-electron chi connectivity index (χ1n) is 5.09. The van der Waals surface area contributed by atoms with Crippen molar-refractivity contribution in [2.24, 2.45) is 0 Å². The van der Waals surface area contributed by atoms with Gasteiger partial charge in [-0.25, -0.2) is 9.97 Å². The normalized spacial score (nSPS) is 10.4. The summed E-state index contributed by atoms with van der Waals surface area (Å²) in [5.74, 6) is 0.668. The average Bonchev–Trinajstić information content (AvgIpc) is 2.29. The zero-order chi connectivity index (χ0) is 12.4. The van der Waals surface area contributed by atoms with Gasteiger partial charge >= 0.3 is 0 Å². The van der Waals surface area contributed by atoms with Crippen molar-refractivity contribution in [3.05, 3.63) is 45.8 Å². The lowest BCUT2D eigenvalue weighted by Gasteiger charge is -2.12. The van der Waals surface area contributed by atoms with Gasteiger partial charge in [0.2, 0.25) is 0 Å². The molecule has 1 aromatic heterocycles. The van der Waals surface area contributed by atoms with Crippen LogP contribution in [-0.2, 0) is 0 Å². The highest BCUT2D eigenvalue weighted by Gasteiger charge is 2.08. The molecule has 17 heavy (non-hydrogen) atoms. The molecule has 2 aromatic rings. The molecule has 0 bridgehead atoms. The number of nitrogens with zero attached hydrogens (tertiary/aromatic N) is 2. The van der Waals surface area contributed by atoms with Crippen molar-refractivity contribution in [2.45, 2.75) is 13.8 Å². The second-order valence-corrected chi connectivity index (χ2v) is 4.46. The summed E-state index contributed by atoms with van der Waals surface area (Å²) in [4.78, 5) is 8.06. The van der Waals surface area contributed by atoms with E-state index < -0.39 is 0 Å². The Labute approximate surface area is 110 Å². The fourth-order valence-corrected chi connectivity index (χ4v) is 1.87. The van der Waals surface area contributed by atoms with Crippen molar-refractivity contribution in [3.63, 3.8) is 0 Å². The van der Waals surface area contributed by atoms with Crippen LogP contribution in [0, 0.1) is 13.8 Å².